The van der Waals surface area contributed by atoms with E-state index in [4.69, 9.17) is 0 Å². The molecule has 1 fully saturated rings. The van der Waals surface area contributed by atoms with E-state index in [0.717, 1.165) is 22.9 Å². The highest BCUT2D eigenvalue weighted by Crippen LogP contribution is 2.41. The van der Waals surface area contributed by atoms with Gasteiger partial charge in [0.25, 0.3) is 0 Å². The largest absolute Gasteiger partial charge is 0.480 e. The first-order valence-corrected chi connectivity index (χ1v) is 13.7. The van der Waals surface area contributed by atoms with E-state index >= 15 is 0 Å². The number of sulfone groups is 1. The lowest BCUT2D eigenvalue weighted by Gasteiger charge is -2.25. The van der Waals surface area contributed by atoms with Gasteiger partial charge in [0.1, 0.15) is 12.1 Å². The van der Waals surface area contributed by atoms with E-state index in [2.05, 4.69) is 21.3 Å². The molecular formula is C24H30N4O6S2. The van der Waals surface area contributed by atoms with Crippen molar-refractivity contribution < 1.29 is 27.9 Å². The number of urea groups is 1. The van der Waals surface area contributed by atoms with Crippen LogP contribution in [-0.2, 0) is 26.0 Å². The van der Waals surface area contributed by atoms with Crippen molar-refractivity contribution in [3.05, 3.63) is 65.7 Å². The summed E-state index contributed by atoms with van der Waals surface area (Å²) in [7, 11) is -3.78. The number of rotatable bonds is 9. The van der Waals surface area contributed by atoms with Crippen LogP contribution in [0.15, 0.2) is 59.5 Å². The summed E-state index contributed by atoms with van der Waals surface area (Å²) >= 11 is 1.08. The predicted octanol–water partition coefficient (Wildman–Crippen LogP) is 1.60. The summed E-state index contributed by atoms with van der Waals surface area (Å²) in [6, 6.07) is 12.5. The van der Waals surface area contributed by atoms with Crippen LogP contribution in [0.3, 0.4) is 0 Å². The van der Waals surface area contributed by atoms with E-state index in [1.54, 1.807) is 32.0 Å². The maximum Gasteiger partial charge on any atom is 0.328 e. The highest BCUT2D eigenvalue weighted by atomic mass is 32.3. The van der Waals surface area contributed by atoms with Crippen molar-refractivity contribution in [2.75, 3.05) is 6.54 Å². The van der Waals surface area contributed by atoms with E-state index in [9.17, 15) is 27.9 Å². The molecule has 3 rings (SSSR count). The number of thioether (sulfide) groups is 1. The molecule has 10 nitrogen and oxygen atoms in total. The highest BCUT2D eigenvalue weighted by molar-refractivity contribution is 8.14. The molecule has 0 aliphatic carbocycles. The number of carboxylic acids is 1. The standard InChI is InChI=1S/C24H30N4O6S2/c1-15-8-7-9-16(12-15)13-25-22(32)26-14-18(21(30)31)27-20(29)19-24(2,3)35-23(28-19)36(33,34)17-10-5-4-6-11-17/h4-12,18-19,23,28H,13-14H2,1-3H3,(H,27,29)(H,30,31)(H2,25,26,32). The number of aliphatic carboxylic acids is 1. The van der Waals surface area contributed by atoms with Crippen LogP contribution in [0.25, 0.3) is 0 Å². The second-order valence-electron chi connectivity index (χ2n) is 8.96. The molecule has 2 aromatic carbocycles. The molecule has 12 heteroatoms. The number of hydrogen-bond donors (Lipinski definition) is 5. The van der Waals surface area contributed by atoms with Gasteiger partial charge in [0.05, 0.1) is 11.4 Å². The Morgan fingerprint density at radius 1 is 1.08 bits per heavy atom. The molecule has 3 amide bonds. The van der Waals surface area contributed by atoms with Crippen LogP contribution in [0.2, 0.25) is 0 Å². The van der Waals surface area contributed by atoms with Crippen LogP contribution in [0.4, 0.5) is 4.79 Å². The molecule has 0 saturated carbocycles. The normalized spacial score (nSPS) is 19.8. The van der Waals surface area contributed by atoms with E-state index < -0.39 is 49.3 Å². The van der Waals surface area contributed by atoms with E-state index in [0.29, 0.717) is 0 Å². The lowest BCUT2D eigenvalue weighted by molar-refractivity contribution is -0.142. The first kappa shape index (κ1) is 27.5. The summed E-state index contributed by atoms with van der Waals surface area (Å²) in [4.78, 5) is 37.0. The molecule has 1 aliphatic rings. The van der Waals surface area contributed by atoms with E-state index in [1.807, 2.05) is 31.2 Å². The average molecular weight is 535 g/mol. The van der Waals surface area contributed by atoms with Crippen molar-refractivity contribution >= 4 is 39.5 Å². The number of aryl methyl sites for hydroxylation is 1. The molecule has 3 atom stereocenters. The van der Waals surface area contributed by atoms with Crippen molar-refractivity contribution in [1.29, 1.82) is 0 Å². The third-order valence-corrected chi connectivity index (χ3v) is 9.51. The van der Waals surface area contributed by atoms with Gasteiger partial charge < -0.3 is 21.1 Å². The fourth-order valence-corrected chi connectivity index (χ4v) is 7.46. The zero-order chi connectivity index (χ0) is 26.5. The number of carbonyl (C=O) groups is 3. The van der Waals surface area contributed by atoms with E-state index in [-0.39, 0.29) is 18.0 Å². The quantitative estimate of drug-likeness (QED) is 0.325. The first-order valence-electron chi connectivity index (χ1n) is 11.2. The summed E-state index contributed by atoms with van der Waals surface area (Å²) < 4.78 is 24.1. The Hall–Kier alpha value is -3.09. The fourth-order valence-electron chi connectivity index (χ4n) is 3.71. The Bertz CT molecular complexity index is 1220. The molecule has 1 aliphatic heterocycles. The van der Waals surface area contributed by atoms with Crippen LogP contribution in [0.5, 0.6) is 0 Å². The second-order valence-corrected chi connectivity index (χ2v) is 13.1. The minimum Gasteiger partial charge on any atom is -0.480 e. The minimum atomic E-state index is -3.78. The smallest absolute Gasteiger partial charge is 0.328 e. The number of carbonyl (C=O) groups excluding carboxylic acids is 2. The fraction of sp³-hybridized carbons (Fsp3) is 0.375. The summed E-state index contributed by atoms with van der Waals surface area (Å²) in [5, 5.41) is 19.9. The number of hydrogen-bond acceptors (Lipinski definition) is 7. The number of amides is 3. The van der Waals surface area contributed by atoms with Crippen LogP contribution >= 0.6 is 11.8 Å². The van der Waals surface area contributed by atoms with Crippen molar-refractivity contribution in [2.45, 2.75) is 53.7 Å². The Labute approximate surface area is 214 Å². The van der Waals surface area contributed by atoms with Crippen molar-refractivity contribution in [1.82, 2.24) is 21.3 Å². The third-order valence-electron chi connectivity index (χ3n) is 5.64. The molecule has 1 heterocycles. The maximum absolute atomic E-state index is 13.0. The molecular weight excluding hydrogens is 504 g/mol. The maximum atomic E-state index is 13.0. The van der Waals surface area contributed by atoms with Crippen LogP contribution in [0.1, 0.15) is 25.0 Å². The molecule has 2 aromatic rings. The molecule has 0 aromatic heterocycles. The number of benzene rings is 2. The molecule has 1 saturated heterocycles. The van der Waals surface area contributed by atoms with Gasteiger partial charge in [-0.25, -0.2) is 18.0 Å². The van der Waals surface area contributed by atoms with Gasteiger partial charge >= 0.3 is 12.0 Å². The van der Waals surface area contributed by atoms with Gasteiger partial charge in [-0.05, 0) is 38.5 Å². The summed E-state index contributed by atoms with van der Waals surface area (Å²) in [6.45, 7) is 5.26. The SMILES string of the molecule is Cc1cccc(CNC(=O)NCC(NC(=O)C2NC(S(=O)(=O)c3ccccc3)SC2(C)C)C(=O)O)c1. The Morgan fingerprint density at radius 3 is 2.42 bits per heavy atom. The number of nitrogens with one attached hydrogen (secondary N) is 4. The molecule has 0 radical (unpaired) electrons. The number of carboxylic acid groups (broad SMARTS) is 1. The lowest BCUT2D eigenvalue weighted by Crippen LogP contribution is -2.57. The van der Waals surface area contributed by atoms with Gasteiger partial charge in [-0.2, -0.15) is 0 Å². The zero-order valence-electron chi connectivity index (χ0n) is 20.1. The second kappa shape index (κ2) is 11.3. The molecule has 0 spiro atoms. The van der Waals surface area contributed by atoms with Gasteiger partial charge in [-0.15, -0.1) is 11.8 Å². The molecule has 194 valence electrons. The zero-order valence-corrected chi connectivity index (χ0v) is 21.8. The van der Waals surface area contributed by atoms with Gasteiger partial charge in [-0.1, -0.05) is 48.0 Å². The highest BCUT2D eigenvalue weighted by Gasteiger charge is 2.50. The first-order chi connectivity index (χ1) is 16.9. The third kappa shape index (κ3) is 6.77. The van der Waals surface area contributed by atoms with Crippen molar-refractivity contribution in [3.8, 4) is 0 Å². The Morgan fingerprint density at radius 2 is 1.78 bits per heavy atom. The minimum absolute atomic E-state index is 0.121. The van der Waals surface area contributed by atoms with Crippen LogP contribution in [0, 0.1) is 6.92 Å². The summed E-state index contributed by atoms with van der Waals surface area (Å²) in [6.07, 6.45) is 0. The monoisotopic (exact) mass is 534 g/mol. The molecule has 0 bridgehead atoms. The van der Waals surface area contributed by atoms with Crippen LogP contribution < -0.4 is 21.3 Å². The summed E-state index contributed by atoms with van der Waals surface area (Å²) in [5.41, 5.74) is 1.93. The van der Waals surface area contributed by atoms with Crippen molar-refractivity contribution in [2.24, 2.45) is 0 Å². The molecule has 5 N–H and O–H groups in total. The summed E-state index contributed by atoms with van der Waals surface area (Å²) in [5.74, 6) is -2.01. The predicted molar refractivity (Wildman–Crippen MR) is 137 cm³/mol. The van der Waals surface area contributed by atoms with E-state index in [1.165, 1.54) is 12.1 Å². The van der Waals surface area contributed by atoms with Crippen LogP contribution in [-0.4, -0.2) is 59.5 Å². The van der Waals surface area contributed by atoms with Gasteiger partial charge in [0.15, 0.2) is 4.71 Å². The van der Waals surface area contributed by atoms with Crippen molar-refractivity contribution in [3.63, 3.8) is 0 Å². The van der Waals surface area contributed by atoms with Gasteiger partial charge in [0.2, 0.25) is 15.7 Å². The van der Waals surface area contributed by atoms with Gasteiger partial charge in [0, 0.05) is 11.3 Å². The Kier molecular flexibility index (Phi) is 8.64. The molecule has 3 unspecified atom stereocenters. The Balaban J connectivity index is 1.59. The average Bonchev–Trinajstić information content (AvgIpc) is 3.16. The topological polar surface area (TPSA) is 154 Å². The van der Waals surface area contributed by atoms with Gasteiger partial charge in [-0.3, -0.25) is 10.1 Å². The molecule has 36 heavy (non-hydrogen) atoms. The lowest BCUT2D eigenvalue weighted by atomic mass is 10.0.